The molecule has 0 unspecified atom stereocenters. The van der Waals surface area contributed by atoms with E-state index < -0.39 is 0 Å². The van der Waals surface area contributed by atoms with Gasteiger partial charge in [0.2, 0.25) is 0 Å². The first-order valence-corrected chi connectivity index (χ1v) is 8.57. The molecule has 0 amide bonds. The van der Waals surface area contributed by atoms with E-state index >= 15 is 0 Å². The van der Waals surface area contributed by atoms with E-state index in [0.717, 1.165) is 11.1 Å². The maximum Gasteiger partial charge on any atom is 0.311 e. The highest BCUT2D eigenvalue weighted by Crippen LogP contribution is 2.29. The third kappa shape index (κ3) is 6.42. The molecule has 0 atom stereocenters. The van der Waals surface area contributed by atoms with E-state index in [2.05, 4.69) is 0 Å². The Bertz CT molecular complexity index is 692. The molecule has 2 aromatic rings. The predicted octanol–water partition coefficient (Wildman–Crippen LogP) is 4.63. The molecule has 0 N–H and O–H groups in total. The molecular formula is C21H24O4. The number of hydrogen-bond acceptors (Lipinski definition) is 4. The van der Waals surface area contributed by atoms with Crippen molar-refractivity contribution < 1.29 is 19.1 Å². The Kier molecular flexibility index (Phi) is 7.20. The molecule has 4 heteroatoms. The molecule has 0 aromatic heterocycles. The van der Waals surface area contributed by atoms with Crippen LogP contribution in [0.1, 0.15) is 33.1 Å². The minimum Gasteiger partial charge on any atom is -0.465 e. The van der Waals surface area contributed by atoms with E-state index in [1.54, 1.807) is 6.07 Å². The third-order valence-electron chi connectivity index (χ3n) is 3.54. The largest absolute Gasteiger partial charge is 0.465 e. The second-order valence-corrected chi connectivity index (χ2v) is 6.27. The topological polar surface area (TPSA) is 52.6 Å². The lowest BCUT2D eigenvalue weighted by atomic mass is 10.1. The number of hydrogen-bond donors (Lipinski definition) is 0. The second kappa shape index (κ2) is 9.62. The fourth-order valence-electron chi connectivity index (χ4n) is 2.29. The predicted molar refractivity (Wildman–Crippen MR) is 97.2 cm³/mol. The number of rotatable bonds is 8. The van der Waals surface area contributed by atoms with Crippen LogP contribution < -0.4 is 4.74 Å². The molecule has 4 nitrogen and oxygen atoms in total. The monoisotopic (exact) mass is 340 g/mol. The first-order chi connectivity index (χ1) is 12.1. The van der Waals surface area contributed by atoms with E-state index in [1.165, 1.54) is 0 Å². The lowest BCUT2D eigenvalue weighted by Crippen LogP contribution is -2.12. The van der Waals surface area contributed by atoms with Gasteiger partial charge in [0.1, 0.15) is 5.75 Å². The zero-order chi connectivity index (χ0) is 18.1. The highest BCUT2D eigenvalue weighted by molar-refractivity contribution is 5.78. The van der Waals surface area contributed by atoms with Crippen LogP contribution in [-0.4, -0.2) is 18.5 Å². The van der Waals surface area contributed by atoms with Crippen molar-refractivity contribution in [1.29, 1.82) is 0 Å². The first-order valence-electron chi connectivity index (χ1n) is 8.57. The van der Waals surface area contributed by atoms with Crippen LogP contribution in [0.5, 0.6) is 5.75 Å². The fraction of sp³-hybridized carbons (Fsp3) is 0.333. The Morgan fingerprint density at radius 2 is 1.52 bits per heavy atom. The smallest absolute Gasteiger partial charge is 0.311 e. The molecule has 2 aromatic carbocycles. The highest BCUT2D eigenvalue weighted by Gasteiger charge is 2.12. The van der Waals surface area contributed by atoms with Crippen molar-refractivity contribution in [2.45, 2.75) is 33.1 Å². The molecule has 132 valence electrons. The summed E-state index contributed by atoms with van der Waals surface area (Å²) >= 11 is 0. The summed E-state index contributed by atoms with van der Waals surface area (Å²) in [6, 6.07) is 17.2. The van der Waals surface area contributed by atoms with Crippen LogP contribution in [0.15, 0.2) is 54.6 Å². The van der Waals surface area contributed by atoms with Crippen LogP contribution in [0.3, 0.4) is 0 Å². The molecular weight excluding hydrogens is 316 g/mol. The number of carbonyl (C=O) groups excluding carboxylic acids is 2. The van der Waals surface area contributed by atoms with Gasteiger partial charge >= 0.3 is 11.9 Å². The molecule has 0 bridgehead atoms. The minimum absolute atomic E-state index is 0.180. The number of para-hydroxylation sites is 1. The number of ether oxygens (including phenoxy) is 2. The minimum atomic E-state index is -0.347. The van der Waals surface area contributed by atoms with Gasteiger partial charge in [0.05, 0.1) is 6.61 Å². The number of esters is 2. The van der Waals surface area contributed by atoms with E-state index in [0.29, 0.717) is 24.7 Å². The maximum atomic E-state index is 12.1. The lowest BCUT2D eigenvalue weighted by Gasteiger charge is -2.10. The summed E-state index contributed by atoms with van der Waals surface area (Å²) in [4.78, 5) is 23.6. The molecule has 0 saturated heterocycles. The molecule has 25 heavy (non-hydrogen) atoms. The summed E-state index contributed by atoms with van der Waals surface area (Å²) in [5, 5.41) is 0. The van der Waals surface area contributed by atoms with Crippen molar-refractivity contribution in [1.82, 2.24) is 0 Å². The molecule has 0 aliphatic heterocycles. The zero-order valence-electron chi connectivity index (χ0n) is 14.7. The van der Waals surface area contributed by atoms with Crippen molar-refractivity contribution >= 4 is 11.9 Å². The van der Waals surface area contributed by atoms with E-state index in [4.69, 9.17) is 9.47 Å². The van der Waals surface area contributed by atoms with Crippen LogP contribution in [0.4, 0.5) is 0 Å². The van der Waals surface area contributed by atoms with Gasteiger partial charge in [-0.05, 0) is 24.0 Å². The van der Waals surface area contributed by atoms with Gasteiger partial charge in [-0.1, -0.05) is 62.4 Å². The van der Waals surface area contributed by atoms with Gasteiger partial charge in [-0.15, -0.1) is 0 Å². The molecule has 2 rings (SSSR count). The van der Waals surface area contributed by atoms with E-state index in [9.17, 15) is 9.59 Å². The van der Waals surface area contributed by atoms with E-state index in [-0.39, 0.29) is 24.8 Å². The summed E-state index contributed by atoms with van der Waals surface area (Å²) in [5.74, 6) is 0.218. The van der Waals surface area contributed by atoms with Crippen molar-refractivity contribution in [3.63, 3.8) is 0 Å². The Balaban J connectivity index is 1.86. The molecule has 0 aliphatic rings. The molecule has 0 spiro atoms. The van der Waals surface area contributed by atoms with Crippen LogP contribution in [0.25, 0.3) is 11.1 Å². The highest BCUT2D eigenvalue weighted by atomic mass is 16.5. The average molecular weight is 340 g/mol. The van der Waals surface area contributed by atoms with Crippen molar-refractivity contribution in [3.05, 3.63) is 54.6 Å². The third-order valence-corrected chi connectivity index (χ3v) is 3.54. The zero-order valence-corrected chi connectivity index (χ0v) is 14.7. The molecule has 0 heterocycles. The van der Waals surface area contributed by atoms with Crippen molar-refractivity contribution in [2.75, 3.05) is 6.61 Å². The summed E-state index contributed by atoms with van der Waals surface area (Å²) in [6.45, 7) is 4.37. The van der Waals surface area contributed by atoms with Crippen molar-refractivity contribution in [2.24, 2.45) is 5.92 Å². The quantitative estimate of drug-likeness (QED) is 0.519. The normalized spacial score (nSPS) is 10.5. The van der Waals surface area contributed by atoms with Gasteiger partial charge in [0.15, 0.2) is 0 Å². The molecule has 0 saturated carbocycles. The summed E-state index contributed by atoms with van der Waals surface area (Å²) < 4.78 is 10.6. The Labute approximate surface area is 148 Å². The van der Waals surface area contributed by atoms with Gasteiger partial charge in [-0.25, -0.2) is 0 Å². The molecule has 0 aliphatic carbocycles. The van der Waals surface area contributed by atoms with Crippen LogP contribution >= 0.6 is 0 Å². The molecule has 0 radical (unpaired) electrons. The van der Waals surface area contributed by atoms with Gasteiger partial charge in [0, 0.05) is 18.4 Å². The van der Waals surface area contributed by atoms with Gasteiger partial charge in [-0.2, -0.15) is 0 Å². The van der Waals surface area contributed by atoms with Gasteiger partial charge in [0.25, 0.3) is 0 Å². The summed E-state index contributed by atoms with van der Waals surface area (Å²) in [6.07, 6.45) is 0.825. The SMILES string of the molecule is CC(C)COC(=O)CCCC(=O)Oc1ccccc1-c1ccccc1. The van der Waals surface area contributed by atoms with Crippen molar-refractivity contribution in [3.8, 4) is 16.9 Å². The fourth-order valence-corrected chi connectivity index (χ4v) is 2.29. The maximum absolute atomic E-state index is 12.1. The Hall–Kier alpha value is -2.62. The Morgan fingerprint density at radius 1 is 0.880 bits per heavy atom. The van der Waals surface area contributed by atoms with Crippen LogP contribution in [-0.2, 0) is 14.3 Å². The molecule has 0 fully saturated rings. The van der Waals surface area contributed by atoms with Crippen LogP contribution in [0, 0.1) is 5.92 Å². The lowest BCUT2D eigenvalue weighted by molar-refractivity contribution is -0.145. The number of benzene rings is 2. The van der Waals surface area contributed by atoms with E-state index in [1.807, 2.05) is 62.4 Å². The number of carbonyl (C=O) groups is 2. The standard InChI is InChI=1S/C21H24O4/c1-16(2)15-24-20(22)13-8-14-21(23)25-19-12-7-6-11-18(19)17-9-4-3-5-10-17/h3-7,9-12,16H,8,13-15H2,1-2H3. The van der Waals surface area contributed by atoms with Gasteiger partial charge in [-0.3, -0.25) is 9.59 Å². The van der Waals surface area contributed by atoms with Crippen LogP contribution in [0.2, 0.25) is 0 Å². The van der Waals surface area contributed by atoms with Gasteiger partial charge < -0.3 is 9.47 Å². The summed E-state index contributed by atoms with van der Waals surface area (Å²) in [5.41, 5.74) is 1.86. The Morgan fingerprint density at radius 3 is 2.24 bits per heavy atom. The second-order valence-electron chi connectivity index (χ2n) is 6.27. The first kappa shape index (κ1) is 18.7. The summed E-state index contributed by atoms with van der Waals surface area (Å²) in [7, 11) is 0. The average Bonchev–Trinajstić information content (AvgIpc) is 2.61.